The van der Waals surface area contributed by atoms with E-state index in [0.29, 0.717) is 11.2 Å². The highest BCUT2D eigenvalue weighted by Gasteiger charge is 2.30. The number of benzene rings is 1. The number of carbonyl (C=O) groups is 1. The molecule has 140 valence electrons. The number of carbonyl (C=O) groups excluding carboxylic acids is 1. The van der Waals surface area contributed by atoms with Gasteiger partial charge in [-0.2, -0.15) is 0 Å². The normalized spacial score (nSPS) is 16.6. The van der Waals surface area contributed by atoms with Gasteiger partial charge in [0.2, 0.25) is 5.91 Å². The van der Waals surface area contributed by atoms with Gasteiger partial charge in [0.25, 0.3) is 5.19 Å². The van der Waals surface area contributed by atoms with Gasteiger partial charge in [-0.15, -0.1) is 0 Å². The molecule has 0 N–H and O–H groups in total. The summed E-state index contributed by atoms with van der Waals surface area (Å²) in [5.74, 6) is 0.938. The minimum absolute atomic E-state index is 0.172. The molecule has 1 atom stereocenters. The van der Waals surface area contributed by atoms with Crippen molar-refractivity contribution in [1.82, 2.24) is 19.8 Å². The first kappa shape index (κ1) is 17.9. The van der Waals surface area contributed by atoms with Gasteiger partial charge in [-0.1, -0.05) is 23.5 Å². The molecule has 2 aromatic heterocycles. The molecular formula is C20H22N4O2S. The maximum atomic E-state index is 11.5. The van der Waals surface area contributed by atoms with Gasteiger partial charge in [0.05, 0.1) is 0 Å². The molecule has 0 radical (unpaired) electrons. The zero-order valence-electron chi connectivity index (χ0n) is 15.5. The Balaban J connectivity index is 1.33. The zero-order chi connectivity index (χ0) is 18.8. The molecule has 1 aliphatic rings. The summed E-state index contributed by atoms with van der Waals surface area (Å²) >= 11 is 1.44. The molecule has 3 aromatic rings. The second kappa shape index (κ2) is 7.62. The van der Waals surface area contributed by atoms with Gasteiger partial charge >= 0.3 is 0 Å². The molecule has 0 spiro atoms. The molecule has 1 amide bonds. The topological polar surface area (TPSA) is 58.6 Å². The molecule has 0 saturated carbocycles. The standard InChI is InChI=1S/C20H22N4O2S/c1-14(25)24-11-9-16(24)13-23(2)12-15-5-7-17(8-6-15)26-20-22-18-4-3-10-21-19(18)27-20/h3-8,10,16H,9,11-13H2,1-2H3/t16-/m0/s1. The zero-order valence-corrected chi connectivity index (χ0v) is 16.3. The molecule has 4 rings (SSSR count). The smallest absolute Gasteiger partial charge is 0.281 e. The van der Waals surface area contributed by atoms with Gasteiger partial charge in [-0.25, -0.2) is 9.97 Å². The van der Waals surface area contributed by atoms with Crippen molar-refractivity contribution in [3.05, 3.63) is 48.2 Å². The number of thiazole rings is 1. The summed E-state index contributed by atoms with van der Waals surface area (Å²) in [5.41, 5.74) is 2.07. The lowest BCUT2D eigenvalue weighted by atomic mass is 10.0. The Morgan fingerprint density at radius 3 is 2.81 bits per heavy atom. The number of aromatic nitrogens is 2. The third kappa shape index (κ3) is 4.09. The van der Waals surface area contributed by atoms with E-state index < -0.39 is 0 Å². The maximum Gasteiger partial charge on any atom is 0.281 e. The minimum atomic E-state index is 0.172. The predicted molar refractivity (Wildman–Crippen MR) is 106 cm³/mol. The fourth-order valence-electron chi connectivity index (χ4n) is 3.34. The molecule has 0 unspecified atom stereocenters. The number of amides is 1. The van der Waals surface area contributed by atoms with Gasteiger partial charge < -0.3 is 14.5 Å². The van der Waals surface area contributed by atoms with Crippen LogP contribution in [0.15, 0.2) is 42.6 Å². The summed E-state index contributed by atoms with van der Waals surface area (Å²) in [5, 5.41) is 0.600. The third-order valence-electron chi connectivity index (χ3n) is 4.80. The van der Waals surface area contributed by atoms with Crippen molar-refractivity contribution >= 4 is 27.6 Å². The van der Waals surface area contributed by atoms with E-state index in [9.17, 15) is 4.79 Å². The highest BCUT2D eigenvalue weighted by atomic mass is 32.1. The van der Waals surface area contributed by atoms with Crippen molar-refractivity contribution in [2.75, 3.05) is 20.1 Å². The molecule has 0 bridgehead atoms. The fraction of sp³-hybridized carbons (Fsp3) is 0.350. The highest BCUT2D eigenvalue weighted by molar-refractivity contribution is 7.19. The first-order chi connectivity index (χ1) is 13.1. The molecule has 1 aliphatic heterocycles. The number of nitrogens with zero attached hydrogens (tertiary/aromatic N) is 4. The van der Waals surface area contributed by atoms with Crippen LogP contribution in [0.1, 0.15) is 18.9 Å². The number of hydrogen-bond donors (Lipinski definition) is 0. The van der Waals surface area contributed by atoms with Gasteiger partial charge in [-0.3, -0.25) is 4.79 Å². The Morgan fingerprint density at radius 2 is 2.15 bits per heavy atom. The average molecular weight is 382 g/mol. The van der Waals surface area contributed by atoms with Gasteiger partial charge in [0.1, 0.15) is 16.1 Å². The van der Waals surface area contributed by atoms with Crippen LogP contribution in [0.25, 0.3) is 10.3 Å². The Hall–Kier alpha value is -2.51. The first-order valence-electron chi connectivity index (χ1n) is 9.02. The van der Waals surface area contributed by atoms with E-state index in [-0.39, 0.29) is 5.91 Å². The SMILES string of the molecule is CC(=O)N1CC[C@H]1CN(C)Cc1ccc(Oc2nc3cccnc3s2)cc1. The van der Waals surface area contributed by atoms with E-state index in [2.05, 4.69) is 34.0 Å². The van der Waals surface area contributed by atoms with Gasteiger partial charge in [0, 0.05) is 38.8 Å². The van der Waals surface area contributed by atoms with Crippen LogP contribution in [0, 0.1) is 0 Å². The van der Waals surface area contributed by atoms with Crippen LogP contribution in [0.5, 0.6) is 10.9 Å². The molecule has 3 heterocycles. The van der Waals surface area contributed by atoms with Crippen molar-refractivity contribution < 1.29 is 9.53 Å². The monoisotopic (exact) mass is 382 g/mol. The fourth-order valence-corrected chi connectivity index (χ4v) is 4.12. The van der Waals surface area contributed by atoms with E-state index in [0.717, 1.165) is 42.2 Å². The second-order valence-electron chi connectivity index (χ2n) is 6.91. The van der Waals surface area contributed by atoms with Crippen LogP contribution in [-0.4, -0.2) is 51.9 Å². The van der Waals surface area contributed by atoms with Gasteiger partial charge in [0.15, 0.2) is 0 Å². The Bertz CT molecular complexity index is 908. The number of rotatable bonds is 6. The number of ether oxygens (including phenoxy) is 1. The van der Waals surface area contributed by atoms with Crippen molar-refractivity contribution in [2.45, 2.75) is 25.9 Å². The van der Waals surface area contributed by atoms with Crippen LogP contribution < -0.4 is 4.74 Å². The molecule has 0 aliphatic carbocycles. The van der Waals surface area contributed by atoms with Crippen LogP contribution in [0.2, 0.25) is 0 Å². The molecule has 7 heteroatoms. The molecule has 6 nitrogen and oxygen atoms in total. The lowest BCUT2D eigenvalue weighted by Crippen LogP contribution is -2.54. The summed E-state index contributed by atoms with van der Waals surface area (Å²) in [6.07, 6.45) is 2.85. The summed E-state index contributed by atoms with van der Waals surface area (Å²) in [4.78, 5) is 25.3. The van der Waals surface area contributed by atoms with E-state index in [1.54, 1.807) is 13.1 Å². The number of fused-ring (bicyclic) bond motifs is 1. The largest absolute Gasteiger partial charge is 0.431 e. The Morgan fingerprint density at radius 1 is 1.33 bits per heavy atom. The van der Waals surface area contributed by atoms with Crippen LogP contribution >= 0.6 is 11.3 Å². The van der Waals surface area contributed by atoms with E-state index >= 15 is 0 Å². The van der Waals surface area contributed by atoms with Crippen molar-refractivity contribution in [3.8, 4) is 10.9 Å². The lowest BCUT2D eigenvalue weighted by Gasteiger charge is -2.42. The first-order valence-corrected chi connectivity index (χ1v) is 9.84. The number of hydrogen-bond acceptors (Lipinski definition) is 6. The minimum Gasteiger partial charge on any atom is -0.431 e. The van der Waals surface area contributed by atoms with Crippen molar-refractivity contribution in [1.29, 1.82) is 0 Å². The summed E-state index contributed by atoms with van der Waals surface area (Å²) in [6.45, 7) is 4.28. The summed E-state index contributed by atoms with van der Waals surface area (Å²) in [6, 6.07) is 12.2. The van der Waals surface area contributed by atoms with Crippen LogP contribution in [0.3, 0.4) is 0 Å². The predicted octanol–water partition coefficient (Wildman–Crippen LogP) is 3.54. The molecule has 1 saturated heterocycles. The van der Waals surface area contributed by atoms with Crippen LogP contribution in [-0.2, 0) is 11.3 Å². The second-order valence-corrected chi connectivity index (χ2v) is 7.85. The van der Waals surface area contributed by atoms with E-state index in [1.807, 2.05) is 29.2 Å². The van der Waals surface area contributed by atoms with Crippen molar-refractivity contribution in [3.63, 3.8) is 0 Å². The number of pyridine rings is 1. The van der Waals surface area contributed by atoms with Crippen molar-refractivity contribution in [2.24, 2.45) is 0 Å². The van der Waals surface area contributed by atoms with E-state index in [1.165, 1.54) is 16.9 Å². The van der Waals surface area contributed by atoms with Crippen LogP contribution in [0.4, 0.5) is 0 Å². The summed E-state index contributed by atoms with van der Waals surface area (Å²) in [7, 11) is 2.09. The molecule has 1 fully saturated rings. The third-order valence-corrected chi connectivity index (χ3v) is 5.66. The Kier molecular flexibility index (Phi) is 5.05. The lowest BCUT2D eigenvalue weighted by molar-refractivity contribution is -0.137. The van der Waals surface area contributed by atoms with Gasteiger partial charge in [-0.05, 0) is 43.3 Å². The van der Waals surface area contributed by atoms with E-state index in [4.69, 9.17) is 4.74 Å². The summed E-state index contributed by atoms with van der Waals surface area (Å²) < 4.78 is 5.86. The number of likely N-dealkylation sites (N-methyl/N-ethyl adjacent to an activating group) is 1. The highest BCUT2D eigenvalue weighted by Crippen LogP contribution is 2.30. The molecule has 1 aromatic carbocycles. The maximum absolute atomic E-state index is 11.5. The molecule has 27 heavy (non-hydrogen) atoms. The number of likely N-dealkylation sites (tertiary alicyclic amines) is 1. The molecular weight excluding hydrogens is 360 g/mol. The quantitative estimate of drug-likeness (QED) is 0.653. The average Bonchev–Trinajstić information content (AvgIpc) is 3.02. The Labute approximate surface area is 162 Å².